The molecule has 2 saturated heterocycles. The van der Waals surface area contributed by atoms with Crippen LogP contribution in [0.1, 0.15) is 39.0 Å². The predicted molar refractivity (Wildman–Crippen MR) is 79.4 cm³/mol. The molecule has 0 radical (unpaired) electrons. The molecule has 2 unspecified atom stereocenters. The quantitative estimate of drug-likeness (QED) is 0.780. The average molecular weight is 283 g/mol. The smallest absolute Gasteiger partial charge is 0.234 e. The van der Waals surface area contributed by atoms with Crippen LogP contribution in [0.5, 0.6) is 0 Å². The molecule has 5 heteroatoms. The highest BCUT2D eigenvalue weighted by molar-refractivity contribution is 5.78. The molecule has 2 aliphatic rings. The lowest BCUT2D eigenvalue weighted by Gasteiger charge is -2.40. The van der Waals surface area contributed by atoms with Crippen molar-refractivity contribution in [3.8, 4) is 0 Å². The Balaban J connectivity index is 1.82. The lowest BCUT2D eigenvalue weighted by atomic mass is 9.87. The molecule has 2 aliphatic heterocycles. The lowest BCUT2D eigenvalue weighted by Crippen LogP contribution is -2.53. The molecular formula is C15H29N3O2. The van der Waals surface area contributed by atoms with Crippen molar-refractivity contribution in [2.45, 2.75) is 51.1 Å². The molecule has 1 amide bonds. The van der Waals surface area contributed by atoms with Crippen molar-refractivity contribution in [3.63, 3.8) is 0 Å². The van der Waals surface area contributed by atoms with Gasteiger partial charge >= 0.3 is 0 Å². The number of piperidine rings is 1. The van der Waals surface area contributed by atoms with Gasteiger partial charge < -0.3 is 15.8 Å². The van der Waals surface area contributed by atoms with Gasteiger partial charge in [-0.1, -0.05) is 13.3 Å². The molecule has 2 fully saturated rings. The SMILES string of the molecule is CCC1CCCN(CC(=O)NC2CCOCC2)C1CN. The molecule has 0 aromatic rings. The number of carbonyl (C=O) groups excluding carboxylic acids is 1. The lowest BCUT2D eigenvalue weighted by molar-refractivity contribution is -0.124. The standard InChI is InChI=1S/C15H29N3O2/c1-2-12-4-3-7-18(14(12)10-16)11-15(19)17-13-5-8-20-9-6-13/h12-14H,2-11,16H2,1H3,(H,17,19). The van der Waals surface area contributed by atoms with E-state index in [0.29, 0.717) is 31.1 Å². The third-order valence-corrected chi connectivity index (χ3v) is 4.73. The normalized spacial score (nSPS) is 29.3. The van der Waals surface area contributed by atoms with Crippen LogP contribution in [0.2, 0.25) is 0 Å². The van der Waals surface area contributed by atoms with E-state index in [-0.39, 0.29) is 5.91 Å². The van der Waals surface area contributed by atoms with Crippen molar-refractivity contribution >= 4 is 5.91 Å². The van der Waals surface area contributed by atoms with E-state index in [4.69, 9.17) is 10.5 Å². The Morgan fingerprint density at radius 2 is 2.10 bits per heavy atom. The summed E-state index contributed by atoms with van der Waals surface area (Å²) < 4.78 is 5.32. The van der Waals surface area contributed by atoms with Crippen molar-refractivity contribution in [1.82, 2.24) is 10.2 Å². The molecule has 0 aromatic heterocycles. The first kappa shape index (κ1) is 15.7. The number of nitrogens with two attached hydrogens (primary N) is 1. The minimum Gasteiger partial charge on any atom is -0.381 e. The van der Waals surface area contributed by atoms with E-state index in [9.17, 15) is 4.79 Å². The van der Waals surface area contributed by atoms with Gasteiger partial charge in [0, 0.05) is 31.8 Å². The monoisotopic (exact) mass is 283 g/mol. The Hall–Kier alpha value is -0.650. The number of rotatable bonds is 5. The van der Waals surface area contributed by atoms with E-state index in [2.05, 4.69) is 17.1 Å². The number of carbonyl (C=O) groups is 1. The summed E-state index contributed by atoms with van der Waals surface area (Å²) in [4.78, 5) is 14.5. The highest BCUT2D eigenvalue weighted by Crippen LogP contribution is 2.25. The fourth-order valence-corrected chi connectivity index (χ4v) is 3.53. The summed E-state index contributed by atoms with van der Waals surface area (Å²) in [7, 11) is 0. The van der Waals surface area contributed by atoms with Gasteiger partial charge in [-0.05, 0) is 38.1 Å². The minimum absolute atomic E-state index is 0.145. The Kier molecular flexibility index (Phi) is 6.26. The van der Waals surface area contributed by atoms with Crippen molar-refractivity contribution in [2.24, 2.45) is 11.7 Å². The van der Waals surface area contributed by atoms with Crippen LogP contribution in [-0.4, -0.2) is 55.7 Å². The van der Waals surface area contributed by atoms with Gasteiger partial charge in [-0.3, -0.25) is 9.69 Å². The molecule has 5 nitrogen and oxygen atoms in total. The van der Waals surface area contributed by atoms with Gasteiger partial charge in [0.1, 0.15) is 0 Å². The number of nitrogens with zero attached hydrogens (tertiary/aromatic N) is 1. The second kappa shape index (κ2) is 7.96. The van der Waals surface area contributed by atoms with Gasteiger partial charge in [-0.25, -0.2) is 0 Å². The van der Waals surface area contributed by atoms with Crippen molar-refractivity contribution in [3.05, 3.63) is 0 Å². The molecule has 2 atom stereocenters. The van der Waals surface area contributed by atoms with Gasteiger partial charge in [-0.2, -0.15) is 0 Å². The number of nitrogens with one attached hydrogen (secondary N) is 1. The summed E-state index contributed by atoms with van der Waals surface area (Å²) in [5.41, 5.74) is 5.93. The van der Waals surface area contributed by atoms with Gasteiger partial charge in [-0.15, -0.1) is 0 Å². The maximum absolute atomic E-state index is 12.2. The highest BCUT2D eigenvalue weighted by Gasteiger charge is 2.30. The zero-order valence-electron chi connectivity index (χ0n) is 12.6. The first-order valence-corrected chi connectivity index (χ1v) is 8.05. The molecule has 0 aliphatic carbocycles. The van der Waals surface area contributed by atoms with E-state index >= 15 is 0 Å². The molecule has 116 valence electrons. The number of amides is 1. The van der Waals surface area contributed by atoms with Crippen LogP contribution in [0, 0.1) is 5.92 Å². The molecule has 3 N–H and O–H groups in total. The molecule has 2 heterocycles. The van der Waals surface area contributed by atoms with Gasteiger partial charge in [0.2, 0.25) is 5.91 Å². The molecule has 0 bridgehead atoms. The maximum atomic E-state index is 12.2. The molecule has 0 aromatic carbocycles. The Morgan fingerprint density at radius 1 is 1.35 bits per heavy atom. The van der Waals surface area contributed by atoms with E-state index in [1.165, 1.54) is 12.8 Å². The summed E-state index contributed by atoms with van der Waals surface area (Å²) in [5, 5.41) is 3.14. The average Bonchev–Trinajstić information content (AvgIpc) is 2.47. The van der Waals surface area contributed by atoms with E-state index < -0.39 is 0 Å². The maximum Gasteiger partial charge on any atom is 0.234 e. The molecule has 2 rings (SSSR count). The van der Waals surface area contributed by atoms with E-state index in [0.717, 1.165) is 39.0 Å². The molecule has 0 spiro atoms. The van der Waals surface area contributed by atoms with Crippen LogP contribution in [0.25, 0.3) is 0 Å². The van der Waals surface area contributed by atoms with Crippen LogP contribution in [0.3, 0.4) is 0 Å². The van der Waals surface area contributed by atoms with Crippen molar-refractivity contribution in [2.75, 3.05) is 32.8 Å². The zero-order chi connectivity index (χ0) is 14.4. The van der Waals surface area contributed by atoms with Crippen molar-refractivity contribution in [1.29, 1.82) is 0 Å². The topological polar surface area (TPSA) is 67.6 Å². The second-order valence-electron chi connectivity index (χ2n) is 6.04. The predicted octanol–water partition coefficient (Wildman–Crippen LogP) is 0.731. The Bertz CT molecular complexity index is 305. The largest absolute Gasteiger partial charge is 0.381 e. The minimum atomic E-state index is 0.145. The molecular weight excluding hydrogens is 254 g/mol. The number of ether oxygens (including phenoxy) is 1. The summed E-state index contributed by atoms with van der Waals surface area (Å²) in [6, 6.07) is 0.661. The fourth-order valence-electron chi connectivity index (χ4n) is 3.53. The fraction of sp³-hybridized carbons (Fsp3) is 0.933. The summed E-state index contributed by atoms with van der Waals surface area (Å²) in [5.74, 6) is 0.789. The first-order chi connectivity index (χ1) is 9.74. The second-order valence-corrected chi connectivity index (χ2v) is 6.04. The van der Waals surface area contributed by atoms with Crippen LogP contribution in [0.15, 0.2) is 0 Å². The van der Waals surface area contributed by atoms with Crippen LogP contribution in [-0.2, 0) is 9.53 Å². The van der Waals surface area contributed by atoms with Crippen LogP contribution < -0.4 is 11.1 Å². The third-order valence-electron chi connectivity index (χ3n) is 4.73. The first-order valence-electron chi connectivity index (χ1n) is 8.05. The van der Waals surface area contributed by atoms with E-state index in [1.54, 1.807) is 0 Å². The summed E-state index contributed by atoms with van der Waals surface area (Å²) >= 11 is 0. The Labute approximate surface area is 122 Å². The zero-order valence-corrected chi connectivity index (χ0v) is 12.6. The number of hydrogen-bond donors (Lipinski definition) is 2. The number of hydrogen-bond acceptors (Lipinski definition) is 4. The highest BCUT2D eigenvalue weighted by atomic mass is 16.5. The third kappa shape index (κ3) is 4.17. The molecule has 20 heavy (non-hydrogen) atoms. The van der Waals surface area contributed by atoms with Crippen LogP contribution in [0.4, 0.5) is 0 Å². The molecule has 0 saturated carbocycles. The number of likely N-dealkylation sites (tertiary alicyclic amines) is 1. The van der Waals surface area contributed by atoms with Crippen molar-refractivity contribution < 1.29 is 9.53 Å². The summed E-state index contributed by atoms with van der Waals surface area (Å²) in [6.45, 7) is 5.90. The Morgan fingerprint density at radius 3 is 2.75 bits per heavy atom. The van der Waals surface area contributed by atoms with Gasteiger partial charge in [0.25, 0.3) is 0 Å². The van der Waals surface area contributed by atoms with Gasteiger partial charge in [0.15, 0.2) is 0 Å². The van der Waals surface area contributed by atoms with Gasteiger partial charge in [0.05, 0.1) is 6.54 Å². The van der Waals surface area contributed by atoms with E-state index in [1.807, 2.05) is 0 Å². The van der Waals surface area contributed by atoms with Crippen LogP contribution >= 0.6 is 0 Å². The summed E-state index contributed by atoms with van der Waals surface area (Å²) in [6.07, 6.45) is 5.45.